The van der Waals surface area contributed by atoms with Crippen molar-refractivity contribution in [3.05, 3.63) is 34.9 Å². The summed E-state index contributed by atoms with van der Waals surface area (Å²) in [5.41, 5.74) is 1.23. The number of hydrogen-bond acceptors (Lipinski definition) is 5. The summed E-state index contributed by atoms with van der Waals surface area (Å²) in [5.74, 6) is -0.847. The lowest BCUT2D eigenvalue weighted by atomic mass is 9.91. The number of aliphatic hydroxyl groups excluding tert-OH is 1. The molecule has 8 heteroatoms. The average Bonchev–Trinajstić information content (AvgIpc) is 2.78. The molecule has 1 aromatic rings. The minimum atomic E-state index is -1.27. The summed E-state index contributed by atoms with van der Waals surface area (Å²) in [4.78, 5) is 41.5. The number of unbranched alkanes of at least 4 members (excludes halogenated alkanes) is 2. The first-order valence-corrected chi connectivity index (χ1v) is 13.0. The molecule has 3 N–H and O–H groups in total. The Morgan fingerprint density at radius 1 is 1.03 bits per heavy atom. The molecule has 2 unspecified atom stereocenters. The van der Waals surface area contributed by atoms with Gasteiger partial charge in [-0.05, 0) is 78.0 Å². The van der Waals surface area contributed by atoms with Gasteiger partial charge in [-0.2, -0.15) is 0 Å². The van der Waals surface area contributed by atoms with Gasteiger partial charge < -0.3 is 25.4 Å². The molecule has 0 bridgehead atoms. The quantitative estimate of drug-likeness (QED) is 0.361. The number of alkyl carbamates (subject to hydrolysis) is 1. The molecule has 3 amide bonds. The Bertz CT molecular complexity index is 892. The van der Waals surface area contributed by atoms with Crippen LogP contribution in [0.3, 0.4) is 0 Å². The third kappa shape index (κ3) is 9.12. The molecule has 8 nitrogen and oxygen atoms in total. The van der Waals surface area contributed by atoms with Crippen molar-refractivity contribution in [2.75, 3.05) is 13.2 Å². The zero-order valence-corrected chi connectivity index (χ0v) is 23.7. The minimum absolute atomic E-state index is 0.293. The summed E-state index contributed by atoms with van der Waals surface area (Å²) in [5, 5.41) is 15.6. The predicted molar refractivity (Wildman–Crippen MR) is 143 cm³/mol. The third-order valence-corrected chi connectivity index (χ3v) is 6.36. The zero-order chi connectivity index (χ0) is 27.7. The van der Waals surface area contributed by atoms with Crippen molar-refractivity contribution in [2.24, 2.45) is 0 Å². The summed E-state index contributed by atoms with van der Waals surface area (Å²) in [6.07, 6.45) is 2.60. The monoisotopic (exact) mass is 505 g/mol. The highest BCUT2D eigenvalue weighted by molar-refractivity contribution is 5.92. The molecule has 36 heavy (non-hydrogen) atoms. The van der Waals surface area contributed by atoms with E-state index in [2.05, 4.69) is 17.6 Å². The summed E-state index contributed by atoms with van der Waals surface area (Å²) < 4.78 is 5.30. The largest absolute Gasteiger partial charge is 0.444 e. The van der Waals surface area contributed by atoms with Crippen molar-refractivity contribution >= 4 is 17.9 Å². The molecule has 204 valence electrons. The number of aryl methyl sites for hydroxylation is 2. The molecule has 0 aliphatic heterocycles. The lowest BCUT2D eigenvalue weighted by molar-refractivity contribution is -0.150. The Labute approximate surface area is 217 Å². The van der Waals surface area contributed by atoms with Crippen LogP contribution in [0.4, 0.5) is 4.79 Å². The molecule has 2 atom stereocenters. The number of amides is 3. The highest BCUT2D eigenvalue weighted by Crippen LogP contribution is 2.33. The van der Waals surface area contributed by atoms with Crippen molar-refractivity contribution in [1.82, 2.24) is 15.5 Å². The van der Waals surface area contributed by atoms with Gasteiger partial charge in [-0.15, -0.1) is 0 Å². The van der Waals surface area contributed by atoms with Crippen molar-refractivity contribution in [3.63, 3.8) is 0 Å². The summed E-state index contributed by atoms with van der Waals surface area (Å²) in [6.45, 7) is 16.8. The number of benzene rings is 1. The van der Waals surface area contributed by atoms with Crippen LogP contribution in [0.2, 0.25) is 0 Å². The lowest BCUT2D eigenvalue weighted by Gasteiger charge is -2.44. The number of aliphatic hydroxyl groups is 1. The lowest BCUT2D eigenvalue weighted by Crippen LogP contribution is -2.60. The van der Waals surface area contributed by atoms with Gasteiger partial charge in [0.25, 0.3) is 0 Å². The fourth-order valence-electron chi connectivity index (χ4n) is 3.78. The third-order valence-electron chi connectivity index (χ3n) is 6.36. The van der Waals surface area contributed by atoms with E-state index >= 15 is 0 Å². The number of rotatable bonds is 12. The van der Waals surface area contributed by atoms with Gasteiger partial charge in [0.1, 0.15) is 17.7 Å². The molecule has 0 radical (unpaired) electrons. The van der Waals surface area contributed by atoms with Crippen molar-refractivity contribution in [2.45, 2.75) is 111 Å². The van der Waals surface area contributed by atoms with E-state index in [1.54, 1.807) is 20.8 Å². The summed E-state index contributed by atoms with van der Waals surface area (Å²) >= 11 is 0. The maximum absolute atomic E-state index is 13.9. The Balaban J connectivity index is 3.51. The molecular weight excluding hydrogens is 458 g/mol. The molecule has 0 aromatic heterocycles. The number of carbonyl (C=O) groups excluding carboxylic acids is 3. The van der Waals surface area contributed by atoms with E-state index in [4.69, 9.17) is 4.74 Å². The van der Waals surface area contributed by atoms with Crippen LogP contribution in [0.25, 0.3) is 0 Å². The molecule has 0 aliphatic rings. The van der Waals surface area contributed by atoms with E-state index in [1.165, 1.54) is 4.90 Å². The first-order valence-electron chi connectivity index (χ1n) is 13.0. The maximum atomic E-state index is 13.9. The van der Waals surface area contributed by atoms with E-state index < -0.39 is 41.8 Å². The van der Waals surface area contributed by atoms with Crippen LogP contribution in [0.15, 0.2) is 18.2 Å². The molecule has 0 fully saturated rings. The molecule has 0 heterocycles. The fourth-order valence-corrected chi connectivity index (χ4v) is 3.78. The molecule has 1 rings (SSSR count). The van der Waals surface area contributed by atoms with Gasteiger partial charge in [-0.25, -0.2) is 4.79 Å². The van der Waals surface area contributed by atoms with Gasteiger partial charge in [0.05, 0.1) is 6.61 Å². The molecular formula is C28H47N3O5. The van der Waals surface area contributed by atoms with E-state index in [-0.39, 0.29) is 5.91 Å². The van der Waals surface area contributed by atoms with Crippen molar-refractivity contribution < 1.29 is 24.2 Å². The number of carbonyl (C=O) groups is 3. The SMILES string of the molecule is CCCCCNC(=O)C(c1ccc(C)c(C)c1)N(C(=O)C(CO)NC(=O)OC(C)(C)C)C(C)(C)CC. The van der Waals surface area contributed by atoms with Crippen LogP contribution >= 0.6 is 0 Å². The van der Waals surface area contributed by atoms with Gasteiger partial charge in [0.2, 0.25) is 11.8 Å². The van der Waals surface area contributed by atoms with Gasteiger partial charge in [-0.3, -0.25) is 9.59 Å². The molecule has 0 saturated heterocycles. The first kappa shape index (κ1) is 31.4. The first-order chi connectivity index (χ1) is 16.7. The van der Waals surface area contributed by atoms with Crippen LogP contribution in [0.5, 0.6) is 0 Å². The maximum Gasteiger partial charge on any atom is 0.408 e. The van der Waals surface area contributed by atoms with Crippen LogP contribution in [-0.2, 0) is 14.3 Å². The van der Waals surface area contributed by atoms with Crippen molar-refractivity contribution in [1.29, 1.82) is 0 Å². The summed E-state index contributed by atoms with van der Waals surface area (Å²) in [7, 11) is 0. The second kappa shape index (κ2) is 13.6. The van der Waals surface area contributed by atoms with Gasteiger partial charge in [0.15, 0.2) is 0 Å². The van der Waals surface area contributed by atoms with Crippen LogP contribution in [0, 0.1) is 13.8 Å². The normalized spacial score (nSPS) is 13.5. The molecule has 0 spiro atoms. The van der Waals surface area contributed by atoms with Crippen LogP contribution < -0.4 is 10.6 Å². The molecule has 1 aromatic carbocycles. The standard InChI is InChI=1S/C28H47N3O5/c1-10-12-13-16-29-24(33)23(21-15-14-19(3)20(4)17-21)31(28(8,9)11-2)25(34)22(18-32)30-26(35)36-27(5,6)7/h14-15,17,22-23,32H,10-13,16,18H2,1-9H3,(H,29,33)(H,30,35). The topological polar surface area (TPSA) is 108 Å². The predicted octanol–water partition coefficient (Wildman–Crippen LogP) is 4.55. The van der Waals surface area contributed by atoms with E-state index in [1.807, 2.05) is 52.8 Å². The van der Waals surface area contributed by atoms with Gasteiger partial charge in [0, 0.05) is 12.1 Å². The zero-order valence-electron chi connectivity index (χ0n) is 23.7. The Hall–Kier alpha value is -2.61. The fraction of sp³-hybridized carbons (Fsp3) is 0.679. The number of ether oxygens (including phenoxy) is 1. The minimum Gasteiger partial charge on any atom is -0.444 e. The van der Waals surface area contributed by atoms with Gasteiger partial charge in [-0.1, -0.05) is 44.9 Å². The van der Waals surface area contributed by atoms with Gasteiger partial charge >= 0.3 is 6.09 Å². The number of nitrogens with zero attached hydrogens (tertiary/aromatic N) is 1. The highest BCUT2D eigenvalue weighted by Gasteiger charge is 2.43. The Kier molecular flexibility index (Phi) is 11.9. The number of nitrogens with one attached hydrogen (secondary N) is 2. The Morgan fingerprint density at radius 3 is 2.17 bits per heavy atom. The average molecular weight is 506 g/mol. The van der Waals surface area contributed by atoms with Crippen LogP contribution in [-0.4, -0.2) is 58.2 Å². The second-order valence-electron chi connectivity index (χ2n) is 11.0. The highest BCUT2D eigenvalue weighted by atomic mass is 16.6. The molecule has 0 saturated carbocycles. The smallest absolute Gasteiger partial charge is 0.408 e. The van der Waals surface area contributed by atoms with E-state index in [9.17, 15) is 19.5 Å². The van der Waals surface area contributed by atoms with E-state index in [0.29, 0.717) is 18.5 Å². The molecule has 0 aliphatic carbocycles. The van der Waals surface area contributed by atoms with Crippen LogP contribution in [0.1, 0.15) is 96.9 Å². The van der Waals surface area contributed by atoms with E-state index in [0.717, 1.165) is 30.4 Å². The number of hydrogen-bond donors (Lipinski definition) is 3. The second-order valence-corrected chi connectivity index (χ2v) is 11.0. The Morgan fingerprint density at radius 2 is 1.67 bits per heavy atom. The summed E-state index contributed by atoms with van der Waals surface area (Å²) in [6, 6.07) is 3.51. The van der Waals surface area contributed by atoms with Crippen molar-refractivity contribution in [3.8, 4) is 0 Å².